The van der Waals surface area contributed by atoms with Crippen LogP contribution in [0.2, 0.25) is 0 Å². The van der Waals surface area contributed by atoms with Crippen molar-refractivity contribution in [2.45, 2.75) is 6.42 Å². The molecule has 0 atom stereocenters. The number of carbonyl (C=O) groups excluding carboxylic acids is 1. The maximum atomic E-state index is 13.0. The number of amides is 1. The number of aromatic nitrogens is 4. The third-order valence-electron chi connectivity index (χ3n) is 5.67. The van der Waals surface area contributed by atoms with Crippen LogP contribution in [-0.4, -0.2) is 58.7 Å². The van der Waals surface area contributed by atoms with E-state index in [9.17, 15) is 9.18 Å². The molecular weight excluding hydrogens is 423 g/mol. The molecule has 2 N–H and O–H groups in total. The molecule has 0 saturated carbocycles. The van der Waals surface area contributed by atoms with Gasteiger partial charge < -0.3 is 19.9 Å². The SMILES string of the molecule is O=C(NCCc1ccc(F)cc1)c1ncc(-c2c[nH]c3ncc(N4CCOCC4)cc23)cn1. The van der Waals surface area contributed by atoms with Crippen molar-refractivity contribution in [2.75, 3.05) is 37.7 Å². The van der Waals surface area contributed by atoms with Gasteiger partial charge in [-0.2, -0.15) is 0 Å². The van der Waals surface area contributed by atoms with Crippen LogP contribution in [0.3, 0.4) is 0 Å². The molecule has 1 aromatic carbocycles. The van der Waals surface area contributed by atoms with Crippen LogP contribution in [0.4, 0.5) is 10.1 Å². The second-order valence-electron chi connectivity index (χ2n) is 7.82. The van der Waals surface area contributed by atoms with Crippen LogP contribution in [0.25, 0.3) is 22.2 Å². The average Bonchev–Trinajstić information content (AvgIpc) is 3.29. The minimum Gasteiger partial charge on any atom is -0.378 e. The number of nitrogens with zero attached hydrogens (tertiary/aromatic N) is 4. The predicted octanol–water partition coefficient (Wildman–Crippen LogP) is 2.97. The Morgan fingerprint density at radius 2 is 1.85 bits per heavy atom. The second kappa shape index (κ2) is 9.33. The van der Waals surface area contributed by atoms with E-state index in [1.165, 1.54) is 12.1 Å². The summed E-state index contributed by atoms with van der Waals surface area (Å²) in [5.41, 5.74) is 4.49. The zero-order chi connectivity index (χ0) is 22.6. The van der Waals surface area contributed by atoms with Gasteiger partial charge >= 0.3 is 0 Å². The molecule has 1 amide bonds. The number of H-pyrrole nitrogens is 1. The van der Waals surface area contributed by atoms with Crippen LogP contribution < -0.4 is 10.2 Å². The second-order valence-corrected chi connectivity index (χ2v) is 7.82. The standard InChI is InChI=1S/C24H23FN6O2/c25-18-3-1-16(2-4-18)5-6-26-24(32)23-27-12-17(13-28-23)21-15-30-22-20(21)11-19(14-29-22)31-7-9-33-10-8-31/h1-4,11-15H,5-10H2,(H,26,32)(H,29,30). The fourth-order valence-corrected chi connectivity index (χ4v) is 3.86. The molecule has 1 aliphatic heterocycles. The first-order valence-corrected chi connectivity index (χ1v) is 10.8. The van der Waals surface area contributed by atoms with E-state index < -0.39 is 0 Å². The van der Waals surface area contributed by atoms with E-state index >= 15 is 0 Å². The van der Waals surface area contributed by atoms with Crippen LogP contribution >= 0.6 is 0 Å². The number of fused-ring (bicyclic) bond motifs is 1. The molecule has 0 bridgehead atoms. The molecule has 0 spiro atoms. The lowest BCUT2D eigenvalue weighted by atomic mass is 10.1. The van der Waals surface area contributed by atoms with Crippen molar-refractivity contribution in [3.63, 3.8) is 0 Å². The summed E-state index contributed by atoms with van der Waals surface area (Å²) in [5.74, 6) is -0.525. The monoisotopic (exact) mass is 446 g/mol. The van der Waals surface area contributed by atoms with Gasteiger partial charge in [0.2, 0.25) is 5.82 Å². The first kappa shape index (κ1) is 21.0. The molecular formula is C24H23FN6O2. The summed E-state index contributed by atoms with van der Waals surface area (Å²) in [5, 5.41) is 3.77. The highest BCUT2D eigenvalue weighted by molar-refractivity contribution is 5.95. The van der Waals surface area contributed by atoms with Crippen molar-refractivity contribution >= 4 is 22.6 Å². The lowest BCUT2D eigenvalue weighted by Crippen LogP contribution is -2.36. The lowest BCUT2D eigenvalue weighted by Gasteiger charge is -2.28. The van der Waals surface area contributed by atoms with Crippen LogP contribution in [0, 0.1) is 5.82 Å². The molecule has 3 aromatic heterocycles. The molecule has 0 aliphatic carbocycles. The van der Waals surface area contributed by atoms with Gasteiger partial charge in [-0.15, -0.1) is 0 Å². The Morgan fingerprint density at radius 3 is 2.61 bits per heavy atom. The quantitative estimate of drug-likeness (QED) is 0.473. The molecule has 8 nitrogen and oxygen atoms in total. The molecule has 1 saturated heterocycles. The van der Waals surface area contributed by atoms with Crippen LogP contribution in [-0.2, 0) is 11.2 Å². The van der Waals surface area contributed by atoms with Gasteiger partial charge in [0.1, 0.15) is 11.5 Å². The number of rotatable bonds is 6. The third kappa shape index (κ3) is 4.68. The van der Waals surface area contributed by atoms with Crippen molar-refractivity contribution in [3.05, 3.63) is 72.3 Å². The number of pyridine rings is 1. The number of aromatic amines is 1. The molecule has 9 heteroatoms. The van der Waals surface area contributed by atoms with E-state index in [-0.39, 0.29) is 17.5 Å². The summed E-state index contributed by atoms with van der Waals surface area (Å²) in [6, 6.07) is 8.32. The fraction of sp³-hybridized carbons (Fsp3) is 0.250. The smallest absolute Gasteiger partial charge is 0.289 e. The Labute approximate surface area is 189 Å². The Bertz CT molecular complexity index is 1250. The number of nitrogens with one attached hydrogen (secondary N) is 2. The van der Waals surface area contributed by atoms with Crippen molar-refractivity contribution in [1.29, 1.82) is 0 Å². The third-order valence-corrected chi connectivity index (χ3v) is 5.67. The van der Waals surface area contributed by atoms with Crippen molar-refractivity contribution in [2.24, 2.45) is 0 Å². The molecule has 0 unspecified atom stereocenters. The van der Waals surface area contributed by atoms with E-state index in [1.54, 1.807) is 24.5 Å². The summed E-state index contributed by atoms with van der Waals surface area (Å²) < 4.78 is 18.4. The highest BCUT2D eigenvalue weighted by atomic mass is 19.1. The lowest BCUT2D eigenvalue weighted by molar-refractivity contribution is 0.0943. The number of hydrogen-bond acceptors (Lipinski definition) is 6. The summed E-state index contributed by atoms with van der Waals surface area (Å²) in [4.78, 5) is 30.9. The largest absolute Gasteiger partial charge is 0.378 e. The first-order valence-electron chi connectivity index (χ1n) is 10.8. The minimum absolute atomic E-state index is 0.102. The van der Waals surface area contributed by atoms with Gasteiger partial charge in [-0.05, 0) is 30.2 Å². The maximum absolute atomic E-state index is 13.0. The number of hydrogen-bond donors (Lipinski definition) is 2. The minimum atomic E-state index is -0.348. The first-order chi connectivity index (χ1) is 16.2. The summed E-state index contributed by atoms with van der Waals surface area (Å²) in [6.45, 7) is 3.49. The van der Waals surface area contributed by atoms with Crippen molar-refractivity contribution < 1.29 is 13.9 Å². The van der Waals surface area contributed by atoms with Crippen molar-refractivity contribution in [3.8, 4) is 11.1 Å². The van der Waals surface area contributed by atoms with Crippen LogP contribution in [0.15, 0.2) is 55.1 Å². The van der Waals surface area contributed by atoms with Gasteiger partial charge in [0.25, 0.3) is 5.91 Å². The zero-order valence-corrected chi connectivity index (χ0v) is 17.9. The van der Waals surface area contributed by atoms with Gasteiger partial charge in [0.15, 0.2) is 0 Å². The fourth-order valence-electron chi connectivity index (χ4n) is 3.86. The maximum Gasteiger partial charge on any atom is 0.289 e. The van der Waals surface area contributed by atoms with E-state index in [1.807, 2.05) is 12.4 Å². The van der Waals surface area contributed by atoms with Gasteiger partial charge in [-0.25, -0.2) is 19.3 Å². The molecule has 5 rings (SSSR count). The predicted molar refractivity (Wildman–Crippen MR) is 123 cm³/mol. The Balaban J connectivity index is 1.27. The number of morpholine rings is 1. The molecule has 1 aliphatic rings. The number of benzene rings is 1. The molecule has 168 valence electrons. The normalized spacial score (nSPS) is 13.9. The zero-order valence-electron chi connectivity index (χ0n) is 17.9. The summed E-state index contributed by atoms with van der Waals surface area (Å²) in [6.07, 6.45) is 7.63. The van der Waals surface area contributed by atoms with Gasteiger partial charge in [0, 0.05) is 54.7 Å². The Kier molecular flexibility index (Phi) is 5.95. The number of halogens is 1. The molecule has 4 aromatic rings. The molecule has 33 heavy (non-hydrogen) atoms. The Morgan fingerprint density at radius 1 is 1.09 bits per heavy atom. The molecule has 1 fully saturated rings. The Hall–Kier alpha value is -3.85. The number of ether oxygens (including phenoxy) is 1. The molecule has 4 heterocycles. The summed E-state index contributed by atoms with van der Waals surface area (Å²) in [7, 11) is 0. The van der Waals surface area contributed by atoms with Crippen molar-refractivity contribution in [1.82, 2.24) is 25.3 Å². The van der Waals surface area contributed by atoms with E-state index in [4.69, 9.17) is 4.74 Å². The average molecular weight is 446 g/mol. The highest BCUT2D eigenvalue weighted by Crippen LogP contribution is 2.30. The van der Waals surface area contributed by atoms with Crippen LogP contribution in [0.1, 0.15) is 16.2 Å². The summed E-state index contributed by atoms with van der Waals surface area (Å²) >= 11 is 0. The molecule has 0 radical (unpaired) electrons. The van der Waals surface area contributed by atoms with Gasteiger partial charge in [-0.1, -0.05) is 12.1 Å². The topological polar surface area (TPSA) is 96.0 Å². The highest BCUT2D eigenvalue weighted by Gasteiger charge is 2.15. The van der Waals surface area contributed by atoms with E-state index in [0.29, 0.717) is 26.2 Å². The van der Waals surface area contributed by atoms with Gasteiger partial charge in [0.05, 0.1) is 25.1 Å². The van der Waals surface area contributed by atoms with Crippen LogP contribution in [0.5, 0.6) is 0 Å². The van der Waals surface area contributed by atoms with E-state index in [2.05, 4.69) is 36.2 Å². The number of carbonyl (C=O) groups is 1. The van der Waals surface area contributed by atoms with Gasteiger partial charge in [-0.3, -0.25) is 4.79 Å². The number of anilines is 1. The van der Waals surface area contributed by atoms with E-state index in [0.717, 1.165) is 46.5 Å².